The van der Waals surface area contributed by atoms with Crippen molar-refractivity contribution in [3.8, 4) is 5.75 Å². The number of carbonyl (C=O) groups excluding carboxylic acids is 2. The van der Waals surface area contributed by atoms with Crippen molar-refractivity contribution in [2.24, 2.45) is 0 Å². The van der Waals surface area contributed by atoms with E-state index in [1.165, 1.54) is 16.0 Å². The number of aromatic nitrogens is 1. The zero-order valence-electron chi connectivity index (χ0n) is 20.9. The zero-order chi connectivity index (χ0) is 25.7. The SMILES string of the molecule is COc1ccc(N2C(=O)C(=O)/C(=C(/O)c3ccc4c(c3)CCCC4)C2c2c(C)[nH]c3ccccc23)cc1. The summed E-state index contributed by atoms with van der Waals surface area (Å²) in [7, 11) is 1.58. The molecule has 3 aromatic carbocycles. The number of rotatable bonds is 4. The third-order valence-electron chi connectivity index (χ3n) is 7.63. The zero-order valence-corrected chi connectivity index (χ0v) is 20.9. The molecule has 1 atom stereocenters. The Labute approximate surface area is 215 Å². The quantitative estimate of drug-likeness (QED) is 0.208. The third-order valence-corrected chi connectivity index (χ3v) is 7.63. The lowest BCUT2D eigenvalue weighted by Crippen LogP contribution is -2.29. The second-order valence-corrected chi connectivity index (χ2v) is 9.77. The number of ether oxygens (including phenoxy) is 1. The number of aryl methyl sites for hydroxylation is 3. The van der Waals surface area contributed by atoms with Gasteiger partial charge < -0.3 is 14.8 Å². The number of aliphatic hydroxyl groups excluding tert-OH is 1. The van der Waals surface area contributed by atoms with Crippen molar-refractivity contribution < 1.29 is 19.4 Å². The van der Waals surface area contributed by atoms with Gasteiger partial charge in [-0.25, -0.2) is 0 Å². The van der Waals surface area contributed by atoms with Crippen LogP contribution < -0.4 is 9.64 Å². The molecule has 1 aromatic heterocycles. The van der Waals surface area contributed by atoms with Gasteiger partial charge in [-0.2, -0.15) is 0 Å². The molecule has 2 aliphatic rings. The van der Waals surface area contributed by atoms with Gasteiger partial charge in [-0.3, -0.25) is 14.5 Å². The average molecular weight is 493 g/mol. The second kappa shape index (κ2) is 8.96. The summed E-state index contributed by atoms with van der Waals surface area (Å²) in [6.45, 7) is 1.93. The normalized spacial score (nSPS) is 18.9. The van der Waals surface area contributed by atoms with Crippen LogP contribution in [0.25, 0.3) is 16.7 Å². The predicted molar refractivity (Wildman–Crippen MR) is 144 cm³/mol. The van der Waals surface area contributed by atoms with Crippen molar-refractivity contribution in [3.63, 3.8) is 0 Å². The van der Waals surface area contributed by atoms with Crippen molar-refractivity contribution in [2.45, 2.75) is 38.6 Å². The average Bonchev–Trinajstić information content (AvgIpc) is 3.39. The first-order valence-corrected chi connectivity index (χ1v) is 12.6. The van der Waals surface area contributed by atoms with E-state index in [0.29, 0.717) is 17.0 Å². The number of hydrogen-bond acceptors (Lipinski definition) is 4. The van der Waals surface area contributed by atoms with Crippen LogP contribution in [0.2, 0.25) is 0 Å². The maximum absolute atomic E-state index is 13.6. The van der Waals surface area contributed by atoms with Gasteiger partial charge in [0.15, 0.2) is 0 Å². The first kappa shape index (κ1) is 23.1. The van der Waals surface area contributed by atoms with Crippen LogP contribution in [-0.4, -0.2) is 28.9 Å². The molecule has 2 N–H and O–H groups in total. The van der Waals surface area contributed by atoms with Crippen LogP contribution in [-0.2, 0) is 22.4 Å². The Bertz CT molecular complexity index is 1580. The van der Waals surface area contributed by atoms with Crippen LogP contribution in [0.4, 0.5) is 5.69 Å². The molecular formula is C31H28N2O4. The second-order valence-electron chi connectivity index (χ2n) is 9.77. The van der Waals surface area contributed by atoms with Crippen molar-refractivity contribution >= 4 is 34.0 Å². The van der Waals surface area contributed by atoms with Crippen LogP contribution in [0.5, 0.6) is 5.75 Å². The molecule has 1 unspecified atom stereocenters. The van der Waals surface area contributed by atoms with E-state index in [1.807, 2.05) is 49.4 Å². The van der Waals surface area contributed by atoms with Gasteiger partial charge in [-0.05, 0) is 80.1 Å². The Balaban J connectivity index is 1.59. The Hall–Kier alpha value is -4.32. The molecule has 6 heteroatoms. The van der Waals surface area contributed by atoms with E-state index >= 15 is 0 Å². The molecule has 6 nitrogen and oxygen atoms in total. The summed E-state index contributed by atoms with van der Waals surface area (Å²) in [5, 5.41) is 12.5. The minimum atomic E-state index is -0.791. The van der Waals surface area contributed by atoms with Gasteiger partial charge in [0, 0.05) is 33.4 Å². The summed E-state index contributed by atoms with van der Waals surface area (Å²) >= 11 is 0. The van der Waals surface area contributed by atoms with Crippen LogP contribution >= 0.6 is 0 Å². The number of ketones is 1. The number of aliphatic hydroxyl groups is 1. The molecule has 1 amide bonds. The molecule has 0 spiro atoms. The van der Waals surface area contributed by atoms with E-state index in [2.05, 4.69) is 4.98 Å². The number of Topliss-reactive ketones (excluding diaryl/α,β-unsaturated/α-hetero) is 1. The van der Waals surface area contributed by atoms with E-state index in [4.69, 9.17) is 4.74 Å². The number of carbonyl (C=O) groups is 2. The largest absolute Gasteiger partial charge is 0.507 e. The Morgan fingerprint density at radius 3 is 2.46 bits per heavy atom. The number of benzene rings is 3. The van der Waals surface area contributed by atoms with Gasteiger partial charge in [-0.15, -0.1) is 0 Å². The van der Waals surface area contributed by atoms with Crippen molar-refractivity contribution in [2.75, 3.05) is 12.0 Å². The molecule has 0 bridgehead atoms. The number of anilines is 1. The fourth-order valence-corrected chi connectivity index (χ4v) is 5.80. The van der Waals surface area contributed by atoms with Crippen LogP contribution in [0, 0.1) is 6.92 Å². The maximum atomic E-state index is 13.6. The number of amides is 1. The lowest BCUT2D eigenvalue weighted by atomic mass is 9.88. The summed E-state index contributed by atoms with van der Waals surface area (Å²) in [5.74, 6) is -0.855. The van der Waals surface area contributed by atoms with Crippen LogP contribution in [0.1, 0.15) is 46.8 Å². The highest BCUT2D eigenvalue weighted by atomic mass is 16.5. The fraction of sp³-hybridized carbons (Fsp3) is 0.226. The highest BCUT2D eigenvalue weighted by Gasteiger charge is 2.48. The van der Waals surface area contributed by atoms with E-state index in [1.54, 1.807) is 31.4 Å². The molecule has 2 heterocycles. The first-order valence-electron chi connectivity index (χ1n) is 12.6. The van der Waals surface area contributed by atoms with Gasteiger partial charge in [0.25, 0.3) is 11.7 Å². The Kier molecular flexibility index (Phi) is 5.60. The number of H-pyrrole nitrogens is 1. The molecule has 0 radical (unpaired) electrons. The molecule has 1 saturated heterocycles. The molecule has 1 aliphatic heterocycles. The number of methoxy groups -OCH3 is 1. The minimum Gasteiger partial charge on any atom is -0.507 e. The highest BCUT2D eigenvalue weighted by molar-refractivity contribution is 6.52. The van der Waals surface area contributed by atoms with Crippen LogP contribution in [0.15, 0.2) is 72.3 Å². The summed E-state index contributed by atoms with van der Waals surface area (Å²) in [6, 6.07) is 19.9. The summed E-state index contributed by atoms with van der Waals surface area (Å²) in [6.07, 6.45) is 4.23. The highest BCUT2D eigenvalue weighted by Crippen LogP contribution is 2.45. The Morgan fingerprint density at radius 2 is 1.70 bits per heavy atom. The van der Waals surface area contributed by atoms with Crippen molar-refractivity contribution in [1.29, 1.82) is 0 Å². The van der Waals surface area contributed by atoms with Crippen molar-refractivity contribution in [1.82, 2.24) is 4.98 Å². The standard InChI is InChI=1S/C31H28N2O4/c1-18-26(24-9-5-6-10-25(24)32-18)28-27(29(34)21-12-11-19-7-3-4-8-20(19)17-21)30(35)31(36)33(28)22-13-15-23(37-2)16-14-22/h5-6,9-17,28,32,34H,3-4,7-8H2,1-2H3/b29-27+. The smallest absolute Gasteiger partial charge is 0.300 e. The molecule has 4 aromatic rings. The molecule has 0 saturated carbocycles. The third kappa shape index (κ3) is 3.71. The number of hydrogen-bond donors (Lipinski definition) is 2. The van der Waals surface area contributed by atoms with Gasteiger partial charge in [0.2, 0.25) is 0 Å². The summed E-state index contributed by atoms with van der Waals surface area (Å²) < 4.78 is 5.29. The fourth-order valence-electron chi connectivity index (χ4n) is 5.80. The van der Waals surface area contributed by atoms with Gasteiger partial charge in [0.05, 0.1) is 18.7 Å². The number of para-hydroxylation sites is 1. The maximum Gasteiger partial charge on any atom is 0.300 e. The van der Waals surface area contributed by atoms with Gasteiger partial charge in [-0.1, -0.05) is 30.3 Å². The van der Waals surface area contributed by atoms with Gasteiger partial charge in [0.1, 0.15) is 11.5 Å². The van der Waals surface area contributed by atoms with Crippen molar-refractivity contribution in [3.05, 3.63) is 100 Å². The molecule has 37 heavy (non-hydrogen) atoms. The first-order chi connectivity index (χ1) is 18.0. The molecule has 1 aliphatic carbocycles. The summed E-state index contributed by atoms with van der Waals surface area (Å²) in [4.78, 5) is 32.1. The number of nitrogens with zero attached hydrogens (tertiary/aromatic N) is 1. The lowest BCUT2D eigenvalue weighted by Gasteiger charge is -2.26. The number of aromatic amines is 1. The summed E-state index contributed by atoms with van der Waals surface area (Å²) in [5.41, 5.74) is 6.24. The monoisotopic (exact) mass is 492 g/mol. The van der Waals surface area contributed by atoms with E-state index in [9.17, 15) is 14.7 Å². The molecule has 6 rings (SSSR count). The van der Waals surface area contributed by atoms with E-state index < -0.39 is 17.7 Å². The minimum absolute atomic E-state index is 0.101. The van der Waals surface area contributed by atoms with E-state index in [0.717, 1.165) is 47.8 Å². The van der Waals surface area contributed by atoms with Gasteiger partial charge >= 0.3 is 0 Å². The Morgan fingerprint density at radius 1 is 0.973 bits per heavy atom. The van der Waals surface area contributed by atoms with E-state index in [-0.39, 0.29) is 11.3 Å². The number of nitrogens with one attached hydrogen (secondary N) is 1. The number of fused-ring (bicyclic) bond motifs is 2. The molecule has 186 valence electrons. The lowest BCUT2D eigenvalue weighted by molar-refractivity contribution is -0.132. The van der Waals surface area contributed by atoms with Crippen LogP contribution in [0.3, 0.4) is 0 Å². The molecule has 1 fully saturated rings. The topological polar surface area (TPSA) is 82.6 Å². The molecular weight excluding hydrogens is 464 g/mol. The predicted octanol–water partition coefficient (Wildman–Crippen LogP) is 5.99.